The van der Waals surface area contributed by atoms with Gasteiger partial charge in [-0.25, -0.2) is 0 Å². The summed E-state index contributed by atoms with van der Waals surface area (Å²) in [6, 6.07) is -14.7. The van der Waals surface area contributed by atoms with Crippen molar-refractivity contribution < 1.29 is 37.3 Å². The van der Waals surface area contributed by atoms with Crippen molar-refractivity contribution in [1.82, 2.24) is 0 Å². The maximum atomic E-state index is 9.84. The molecule has 1 aliphatic carbocycles. The number of furan rings is 1. The number of benzene rings is 9. The Bertz CT molecular complexity index is 4590. The van der Waals surface area contributed by atoms with Gasteiger partial charge in [0.1, 0.15) is 11.2 Å². The average molecular weight is 743 g/mol. The molecule has 0 spiro atoms. The zero-order chi connectivity index (χ0) is 58.9. The maximum absolute atomic E-state index is 9.84. The van der Waals surface area contributed by atoms with Crippen molar-refractivity contribution in [3.8, 4) is 44.5 Å². The van der Waals surface area contributed by atoms with E-state index in [1.165, 1.54) is 27.7 Å². The third-order valence-corrected chi connectivity index (χ3v) is 10.4. The summed E-state index contributed by atoms with van der Waals surface area (Å²) < 4.78 is 231. The van der Waals surface area contributed by atoms with Crippen molar-refractivity contribution in [3.63, 3.8) is 0 Å². The van der Waals surface area contributed by atoms with Gasteiger partial charge in [0.05, 0.1) is 32.9 Å². The molecule has 1 aliphatic rings. The van der Waals surface area contributed by atoms with Crippen molar-refractivity contribution in [2.45, 2.75) is 47.0 Å². The predicted octanol–water partition coefficient (Wildman–Crippen LogP) is 15.6. The monoisotopic (exact) mass is 742 g/mol. The molecule has 9 aromatic carbocycles. The fourth-order valence-electron chi connectivity index (χ4n) is 7.83. The maximum Gasteiger partial charge on any atom is 0.136 e. The quantitative estimate of drug-likeness (QED) is 0.164. The van der Waals surface area contributed by atoms with Gasteiger partial charge in [0.15, 0.2) is 0 Å². The Morgan fingerprint density at radius 3 is 1.77 bits per heavy atom. The van der Waals surface area contributed by atoms with E-state index in [2.05, 4.69) is 0 Å². The molecule has 0 radical (unpaired) electrons. The zero-order valence-corrected chi connectivity index (χ0v) is 30.9. The minimum absolute atomic E-state index is 0.0374. The van der Waals surface area contributed by atoms with Gasteiger partial charge >= 0.3 is 0 Å². The fraction of sp³-hybridized carbons (Fsp3) is 0.127. The highest BCUT2D eigenvalue weighted by Gasteiger charge is 2.37. The second kappa shape index (κ2) is 11.8. The first kappa shape index (κ1) is 16.7. The van der Waals surface area contributed by atoms with Crippen LogP contribution in [0.2, 0.25) is 0 Å². The molecule has 1 nitrogen and oxygen atoms in total. The summed E-state index contributed by atoms with van der Waals surface area (Å²) in [7, 11) is 0. The summed E-state index contributed by atoms with van der Waals surface area (Å²) in [6.07, 6.45) is 0. The minimum atomic E-state index is -1.36. The molecule has 0 unspecified atom stereocenters. The Morgan fingerprint density at radius 1 is 0.393 bits per heavy atom. The Balaban J connectivity index is 1.34. The summed E-state index contributed by atoms with van der Waals surface area (Å²) in [4.78, 5) is 0. The first-order valence-electron chi connectivity index (χ1n) is 29.9. The molecule has 0 fully saturated rings. The van der Waals surface area contributed by atoms with E-state index < -0.39 is 187 Å². The molecule has 1 heteroatoms. The highest BCUT2D eigenvalue weighted by atomic mass is 16.3. The van der Waals surface area contributed by atoms with E-state index in [1.54, 1.807) is 13.8 Å². The van der Waals surface area contributed by atoms with Crippen LogP contribution < -0.4 is 0 Å². The molecule has 0 saturated carbocycles. The number of fused-ring (bicyclic) bond motifs is 9. The van der Waals surface area contributed by atoms with Crippen LogP contribution in [-0.4, -0.2) is 0 Å². The Labute approximate surface area is 361 Å². The molecule has 10 aromatic rings. The van der Waals surface area contributed by atoms with Gasteiger partial charge in [-0.2, -0.15) is 0 Å². The molecule has 0 bridgehead atoms. The average Bonchev–Trinajstić information content (AvgIpc) is 4.12. The molecule has 0 saturated heterocycles. The van der Waals surface area contributed by atoms with Crippen LogP contribution in [0.1, 0.15) is 80.1 Å². The summed E-state index contributed by atoms with van der Waals surface area (Å²) in [6.45, 7) is 8.87. The molecule has 0 aliphatic heterocycles. The lowest BCUT2D eigenvalue weighted by Gasteiger charge is -2.23. The SMILES string of the molecule is [2H]c1c([2H])c(-c2c3c([2H])c([2H])c(C)c([2H])c3c(-c3c([2H])c([2H])c(-c4c([2H])c([2H])c5oc6c([2H])c7c([2H])c(C)c([2H])c([2H])c7c([2H])c6c5c4[2H])c([2H])c3[2H])c3c([2H])c(C)c([2H])c([2H])c23)c2c(c1[2H])C(C)(C)c1c([2H])c(C)c([2H])c([2H])c1-2. The first-order valence-corrected chi connectivity index (χ1v) is 17.9. The van der Waals surface area contributed by atoms with Crippen LogP contribution >= 0.6 is 0 Å². The van der Waals surface area contributed by atoms with E-state index in [1.807, 2.05) is 0 Å². The van der Waals surface area contributed by atoms with Crippen LogP contribution in [0.25, 0.3) is 98.8 Å². The molecular formula is C55H42O. The van der Waals surface area contributed by atoms with Crippen molar-refractivity contribution >= 4 is 54.3 Å². The van der Waals surface area contributed by atoms with E-state index in [-0.39, 0.29) is 95.3 Å². The van der Waals surface area contributed by atoms with E-state index in [4.69, 9.17) is 12.6 Å². The third-order valence-electron chi connectivity index (χ3n) is 10.4. The Kier molecular flexibility index (Phi) is 3.52. The summed E-state index contributed by atoms with van der Waals surface area (Å²) >= 11 is 0. The second-order valence-electron chi connectivity index (χ2n) is 14.6. The zero-order valence-electron chi connectivity index (χ0n) is 54.9. The standard InChI is InChI=1S/C55H42O/c1-31-10-14-38-29-45-44-28-37(19-23-50(44)56-51(45)30-39(38)24-31)35-15-17-36(18-16-35)52-46-25-32(2)11-20-40(46)53(41-21-12-33(3)26-47(41)52)43-8-7-9-48-54(43)42-22-13-34(4)27-49(42)55(48,5)6/h7-30H,1-6H3/i7D,8D,9D,10D,11D,12D,13D,14D,15D,16D,17D,18D,19D,20D,21D,22D,23D,24D,25D,26D,27D,28D,29D,30D. The third kappa shape index (κ3) is 4.80. The van der Waals surface area contributed by atoms with Crippen LogP contribution in [0.5, 0.6) is 0 Å². The lowest BCUT2D eigenvalue weighted by atomic mass is 9.80. The van der Waals surface area contributed by atoms with E-state index in [0.29, 0.717) is 0 Å². The largest absolute Gasteiger partial charge is 0.456 e. The highest BCUT2D eigenvalue weighted by molar-refractivity contribution is 6.23. The van der Waals surface area contributed by atoms with Gasteiger partial charge in [-0.1, -0.05) is 157 Å². The van der Waals surface area contributed by atoms with E-state index in [0.717, 1.165) is 0 Å². The van der Waals surface area contributed by atoms with Crippen LogP contribution in [0, 0.1) is 27.7 Å². The van der Waals surface area contributed by atoms with Crippen LogP contribution in [0.3, 0.4) is 0 Å². The van der Waals surface area contributed by atoms with E-state index in [9.17, 15) is 24.7 Å². The predicted molar refractivity (Wildman–Crippen MR) is 239 cm³/mol. The van der Waals surface area contributed by atoms with Gasteiger partial charge < -0.3 is 4.42 Å². The van der Waals surface area contributed by atoms with Gasteiger partial charge in [-0.05, 0) is 140 Å². The lowest BCUT2D eigenvalue weighted by Crippen LogP contribution is -2.15. The van der Waals surface area contributed by atoms with Crippen LogP contribution in [0.4, 0.5) is 0 Å². The van der Waals surface area contributed by atoms with Crippen molar-refractivity contribution in [2.24, 2.45) is 0 Å². The topological polar surface area (TPSA) is 13.1 Å². The molecule has 0 N–H and O–H groups in total. The molecule has 56 heavy (non-hydrogen) atoms. The van der Waals surface area contributed by atoms with Gasteiger partial charge in [-0.3, -0.25) is 0 Å². The smallest absolute Gasteiger partial charge is 0.136 e. The normalized spacial score (nSPS) is 19.3. The fourth-order valence-corrected chi connectivity index (χ4v) is 7.83. The Morgan fingerprint density at radius 2 is 1.02 bits per heavy atom. The number of hydrogen-bond acceptors (Lipinski definition) is 1. The van der Waals surface area contributed by atoms with E-state index >= 15 is 0 Å². The van der Waals surface area contributed by atoms with Crippen LogP contribution in [0.15, 0.2) is 149 Å². The summed E-state index contributed by atoms with van der Waals surface area (Å²) in [5.74, 6) is 0. The molecule has 0 amide bonds. The van der Waals surface area contributed by atoms with Crippen molar-refractivity contribution in [3.05, 3.63) is 178 Å². The molecule has 0 atom stereocenters. The second-order valence-corrected chi connectivity index (χ2v) is 14.6. The van der Waals surface area contributed by atoms with Gasteiger partial charge in [0.2, 0.25) is 0 Å². The lowest BCUT2D eigenvalue weighted by molar-refractivity contribution is 0.660. The minimum Gasteiger partial charge on any atom is -0.456 e. The van der Waals surface area contributed by atoms with Gasteiger partial charge in [-0.15, -0.1) is 0 Å². The summed E-state index contributed by atoms with van der Waals surface area (Å²) in [5, 5.41) is -2.85. The van der Waals surface area contributed by atoms with Gasteiger partial charge in [0.25, 0.3) is 0 Å². The summed E-state index contributed by atoms with van der Waals surface area (Å²) in [5.41, 5.74) is -5.49. The molecule has 268 valence electrons. The Hall–Kier alpha value is -6.44. The first-order chi connectivity index (χ1) is 37.2. The van der Waals surface area contributed by atoms with Gasteiger partial charge in [0, 0.05) is 16.2 Å². The molecular weight excluding hydrogens is 677 g/mol. The van der Waals surface area contributed by atoms with Crippen molar-refractivity contribution in [1.29, 1.82) is 0 Å². The van der Waals surface area contributed by atoms with Crippen LogP contribution in [-0.2, 0) is 5.41 Å². The molecule has 1 heterocycles. The molecule has 1 aromatic heterocycles. The van der Waals surface area contributed by atoms with Crippen molar-refractivity contribution in [2.75, 3.05) is 0 Å². The molecule has 11 rings (SSSR count). The highest BCUT2D eigenvalue weighted by Crippen LogP contribution is 2.55. The number of rotatable bonds is 3. The number of hydrogen-bond donors (Lipinski definition) is 0.